The summed E-state index contributed by atoms with van der Waals surface area (Å²) >= 11 is 0. The summed E-state index contributed by atoms with van der Waals surface area (Å²) in [7, 11) is 0. The lowest BCUT2D eigenvalue weighted by Crippen LogP contribution is -2.36. The molecule has 1 aliphatic heterocycles. The third kappa shape index (κ3) is 3.83. The number of hydrogen-bond donors (Lipinski definition) is 2. The molecule has 1 fully saturated rings. The molecule has 4 rings (SSSR count). The van der Waals surface area contributed by atoms with Gasteiger partial charge in [0.25, 0.3) is 11.5 Å². The van der Waals surface area contributed by atoms with Gasteiger partial charge in [-0.1, -0.05) is 13.8 Å². The first-order chi connectivity index (χ1) is 14.2. The maximum absolute atomic E-state index is 13.2. The van der Waals surface area contributed by atoms with Crippen molar-refractivity contribution in [3.05, 3.63) is 33.8 Å². The molecule has 0 aromatic carbocycles. The van der Waals surface area contributed by atoms with Crippen molar-refractivity contribution in [2.75, 3.05) is 6.54 Å². The first kappa shape index (κ1) is 20.2. The molecule has 9 heteroatoms. The van der Waals surface area contributed by atoms with Crippen LogP contribution >= 0.6 is 0 Å². The maximum Gasteiger partial charge on any atom is 0.270 e. The van der Waals surface area contributed by atoms with Crippen LogP contribution in [0.15, 0.2) is 22.1 Å². The van der Waals surface area contributed by atoms with E-state index in [1.807, 2.05) is 27.7 Å². The summed E-state index contributed by atoms with van der Waals surface area (Å²) in [6, 6.07) is 0.0677. The highest BCUT2D eigenvalue weighted by Gasteiger charge is 2.30. The third-order valence-corrected chi connectivity index (χ3v) is 5.00. The zero-order chi connectivity index (χ0) is 21.6. The molecule has 160 valence electrons. The Morgan fingerprint density at radius 1 is 1.40 bits per heavy atom. The Morgan fingerprint density at radius 3 is 2.73 bits per heavy atom. The fourth-order valence-corrected chi connectivity index (χ4v) is 3.41. The van der Waals surface area contributed by atoms with E-state index >= 15 is 0 Å². The molecule has 0 spiro atoms. The molecule has 2 N–H and O–H groups in total. The summed E-state index contributed by atoms with van der Waals surface area (Å²) < 4.78 is 8.50. The van der Waals surface area contributed by atoms with Crippen LogP contribution in [0.4, 0.5) is 0 Å². The number of nitrogens with one attached hydrogen (secondary N) is 1. The summed E-state index contributed by atoms with van der Waals surface area (Å²) in [6.07, 6.45) is 6.79. The van der Waals surface area contributed by atoms with Crippen LogP contribution in [0.2, 0.25) is 0 Å². The van der Waals surface area contributed by atoms with E-state index in [1.54, 1.807) is 18.3 Å². The molecule has 1 saturated carbocycles. The van der Waals surface area contributed by atoms with Crippen molar-refractivity contribution >= 4 is 23.5 Å². The zero-order valence-corrected chi connectivity index (χ0v) is 17.7. The van der Waals surface area contributed by atoms with E-state index in [1.165, 1.54) is 9.08 Å². The number of amides is 1. The van der Waals surface area contributed by atoms with E-state index in [0.29, 0.717) is 30.2 Å². The molecule has 1 amide bonds. The maximum atomic E-state index is 13.2. The number of hydrogen-bond acceptors (Lipinski definition) is 6. The first-order valence-corrected chi connectivity index (χ1v) is 10.2. The normalized spacial score (nSPS) is 18.2. The molecule has 9 nitrogen and oxygen atoms in total. The number of carbonyl (C=O) groups excluding carboxylic acids is 1. The Labute approximate surface area is 174 Å². The molecule has 0 atom stereocenters. The Balaban J connectivity index is 1.80. The summed E-state index contributed by atoms with van der Waals surface area (Å²) in [5.41, 5.74) is -0.115. The van der Waals surface area contributed by atoms with E-state index in [4.69, 9.17) is 4.74 Å². The molecule has 0 unspecified atom stereocenters. The largest absolute Gasteiger partial charge is 0.492 e. The van der Waals surface area contributed by atoms with Crippen LogP contribution in [0.25, 0.3) is 11.7 Å². The van der Waals surface area contributed by atoms with Gasteiger partial charge in [0.1, 0.15) is 11.2 Å². The zero-order valence-electron chi connectivity index (χ0n) is 17.7. The average molecular weight is 413 g/mol. The highest BCUT2D eigenvalue weighted by molar-refractivity contribution is 5.97. The number of nitrogens with zero attached hydrogens (tertiary/aromatic N) is 4. The second kappa shape index (κ2) is 7.30. The fourth-order valence-electron chi connectivity index (χ4n) is 3.41. The van der Waals surface area contributed by atoms with Crippen molar-refractivity contribution in [1.82, 2.24) is 19.5 Å². The van der Waals surface area contributed by atoms with Crippen molar-refractivity contribution in [1.29, 1.82) is 0 Å². The Morgan fingerprint density at radius 2 is 2.13 bits per heavy atom. The monoisotopic (exact) mass is 413 g/mol. The summed E-state index contributed by atoms with van der Waals surface area (Å²) in [4.78, 5) is 30.2. The Kier molecular flexibility index (Phi) is 4.91. The molecule has 2 aliphatic rings. The molecule has 0 saturated heterocycles. The smallest absolute Gasteiger partial charge is 0.270 e. The topological polar surface area (TPSA) is 110 Å². The van der Waals surface area contributed by atoms with Gasteiger partial charge in [-0.3, -0.25) is 14.2 Å². The summed E-state index contributed by atoms with van der Waals surface area (Å²) in [5, 5.41) is 17.7. The van der Waals surface area contributed by atoms with Gasteiger partial charge in [-0.2, -0.15) is 9.61 Å². The van der Waals surface area contributed by atoms with Crippen LogP contribution in [-0.4, -0.2) is 49.3 Å². The second-order valence-corrected chi connectivity index (χ2v) is 8.94. The molecule has 3 heterocycles. The number of rotatable bonds is 6. The van der Waals surface area contributed by atoms with E-state index in [-0.39, 0.29) is 23.1 Å². The lowest BCUT2D eigenvalue weighted by atomic mass is 10.1. The molecule has 1 aliphatic carbocycles. The Bertz CT molecular complexity index is 1120. The van der Waals surface area contributed by atoms with Gasteiger partial charge in [-0.15, -0.1) is 0 Å². The number of aromatic nitrogens is 3. The molecule has 0 radical (unpaired) electrons. The average Bonchev–Trinajstić information content (AvgIpc) is 3.24. The number of carbonyl (C=O) groups is 1. The SMILES string of the molecule is CC(C)Cn1c(=O)c(C(=O)NC2CC2)c(O)n2ncc(C=CC3=NCC(C)(C)O3)c12. The van der Waals surface area contributed by atoms with Crippen LogP contribution < -0.4 is 10.9 Å². The highest BCUT2D eigenvalue weighted by Crippen LogP contribution is 2.24. The van der Waals surface area contributed by atoms with Crippen molar-refractivity contribution < 1.29 is 14.6 Å². The molecule has 2 aromatic rings. The van der Waals surface area contributed by atoms with E-state index in [0.717, 1.165) is 12.8 Å². The predicted molar refractivity (Wildman–Crippen MR) is 113 cm³/mol. The molecule has 0 bridgehead atoms. The van der Waals surface area contributed by atoms with E-state index in [9.17, 15) is 14.7 Å². The second-order valence-electron chi connectivity index (χ2n) is 8.94. The first-order valence-electron chi connectivity index (χ1n) is 10.2. The number of ether oxygens (including phenoxy) is 1. The molecular weight excluding hydrogens is 386 g/mol. The number of aromatic hydroxyl groups is 1. The van der Waals surface area contributed by atoms with Crippen LogP contribution in [0.1, 0.15) is 56.5 Å². The molecule has 30 heavy (non-hydrogen) atoms. The van der Waals surface area contributed by atoms with Crippen LogP contribution in [0.3, 0.4) is 0 Å². The van der Waals surface area contributed by atoms with Gasteiger partial charge >= 0.3 is 0 Å². The Hall–Kier alpha value is -3.10. The number of aliphatic imine (C=N–C) groups is 1. The highest BCUT2D eigenvalue weighted by atomic mass is 16.5. The van der Waals surface area contributed by atoms with Gasteiger partial charge in [-0.05, 0) is 38.7 Å². The lowest BCUT2D eigenvalue weighted by Gasteiger charge is -2.16. The third-order valence-electron chi connectivity index (χ3n) is 5.00. The van der Waals surface area contributed by atoms with Crippen LogP contribution in [0, 0.1) is 5.92 Å². The van der Waals surface area contributed by atoms with E-state index in [2.05, 4.69) is 15.4 Å². The van der Waals surface area contributed by atoms with Crippen LogP contribution in [0.5, 0.6) is 5.88 Å². The van der Waals surface area contributed by atoms with Gasteiger partial charge in [0.05, 0.1) is 12.7 Å². The van der Waals surface area contributed by atoms with Crippen molar-refractivity contribution in [2.24, 2.45) is 10.9 Å². The van der Waals surface area contributed by atoms with Gasteiger partial charge in [0.2, 0.25) is 11.8 Å². The lowest BCUT2D eigenvalue weighted by molar-refractivity contribution is 0.0944. The standard InChI is InChI=1S/C21H27N5O4/c1-12(2)10-25-18-13(5-8-15-22-11-21(3,4)30-15)9-23-26(18)20(29)16(19(25)28)17(27)24-14-6-7-14/h5,8-9,12,14,29H,6-7,10-11H2,1-4H3,(H,24,27). The summed E-state index contributed by atoms with van der Waals surface area (Å²) in [5.74, 6) is -0.376. The molecule has 2 aromatic heterocycles. The minimum absolute atomic E-state index is 0.0677. The summed E-state index contributed by atoms with van der Waals surface area (Å²) in [6.45, 7) is 8.82. The van der Waals surface area contributed by atoms with Crippen molar-refractivity contribution in [3.8, 4) is 5.88 Å². The number of fused-ring (bicyclic) bond motifs is 1. The predicted octanol–water partition coefficient (Wildman–Crippen LogP) is 1.97. The minimum atomic E-state index is -0.567. The van der Waals surface area contributed by atoms with Crippen molar-refractivity contribution in [2.45, 2.75) is 58.7 Å². The van der Waals surface area contributed by atoms with Crippen molar-refractivity contribution in [3.63, 3.8) is 0 Å². The fraction of sp³-hybridized carbons (Fsp3) is 0.524. The van der Waals surface area contributed by atoms with Gasteiger partial charge < -0.3 is 15.2 Å². The van der Waals surface area contributed by atoms with Gasteiger partial charge in [0, 0.05) is 24.2 Å². The van der Waals surface area contributed by atoms with Gasteiger partial charge in [0.15, 0.2) is 5.56 Å². The van der Waals surface area contributed by atoms with E-state index < -0.39 is 17.3 Å². The molecular formula is C21H27N5O4. The van der Waals surface area contributed by atoms with Crippen LogP contribution in [-0.2, 0) is 11.3 Å². The minimum Gasteiger partial charge on any atom is -0.492 e. The van der Waals surface area contributed by atoms with Gasteiger partial charge in [-0.25, -0.2) is 4.99 Å². The quantitative estimate of drug-likeness (QED) is 0.752.